The first-order valence-corrected chi connectivity index (χ1v) is 10.0. The molecule has 4 heterocycles. The Kier molecular flexibility index (Phi) is 4.16. The van der Waals surface area contributed by atoms with Crippen molar-refractivity contribution in [1.82, 2.24) is 9.80 Å². The number of nitrogens with zero attached hydrogens (tertiary/aromatic N) is 2. The number of rotatable bonds is 3. The Morgan fingerprint density at radius 3 is 2.52 bits per heavy atom. The SMILES string of the molecule is COc1cccc(C(=O)N2C[C@H](c3ccccc3)[C@@H]3[C@H]2C2CCN3CC2)c1. The van der Waals surface area contributed by atoms with Crippen LogP contribution < -0.4 is 4.74 Å². The van der Waals surface area contributed by atoms with Crippen molar-refractivity contribution >= 4 is 5.91 Å². The van der Waals surface area contributed by atoms with Crippen LogP contribution in [0.5, 0.6) is 5.75 Å². The molecule has 2 aromatic rings. The van der Waals surface area contributed by atoms with E-state index in [2.05, 4.69) is 40.1 Å². The number of piperidine rings is 3. The van der Waals surface area contributed by atoms with Crippen molar-refractivity contribution in [2.45, 2.75) is 30.8 Å². The molecule has 2 bridgehead atoms. The lowest BCUT2D eigenvalue weighted by molar-refractivity contribution is -0.00341. The van der Waals surface area contributed by atoms with Crippen LogP contribution in [0, 0.1) is 5.92 Å². The predicted octanol–water partition coefficient (Wildman–Crippen LogP) is 3.40. The number of amides is 1. The summed E-state index contributed by atoms with van der Waals surface area (Å²) in [5.41, 5.74) is 2.10. The number of ether oxygens (including phenoxy) is 1. The second-order valence-electron chi connectivity index (χ2n) is 8.06. The number of benzene rings is 2. The van der Waals surface area contributed by atoms with Crippen molar-refractivity contribution in [2.75, 3.05) is 26.7 Å². The average molecular weight is 362 g/mol. The molecule has 0 aliphatic carbocycles. The van der Waals surface area contributed by atoms with Crippen molar-refractivity contribution < 1.29 is 9.53 Å². The predicted molar refractivity (Wildman–Crippen MR) is 105 cm³/mol. The van der Waals surface area contributed by atoms with Gasteiger partial charge in [0.25, 0.3) is 5.91 Å². The van der Waals surface area contributed by atoms with Crippen molar-refractivity contribution in [1.29, 1.82) is 0 Å². The molecule has 140 valence electrons. The molecule has 0 radical (unpaired) electrons. The third-order valence-corrected chi connectivity index (χ3v) is 6.80. The highest BCUT2D eigenvalue weighted by Crippen LogP contribution is 2.46. The second-order valence-corrected chi connectivity index (χ2v) is 8.06. The molecule has 1 amide bonds. The van der Waals surface area contributed by atoms with E-state index in [-0.39, 0.29) is 5.91 Å². The number of hydrogen-bond acceptors (Lipinski definition) is 3. The van der Waals surface area contributed by atoms with Gasteiger partial charge in [-0.2, -0.15) is 0 Å². The Bertz CT molecular complexity index is 829. The highest BCUT2D eigenvalue weighted by Gasteiger charge is 2.54. The first-order chi connectivity index (χ1) is 13.3. The monoisotopic (exact) mass is 362 g/mol. The van der Waals surface area contributed by atoms with Crippen LogP contribution in [0.4, 0.5) is 0 Å². The van der Waals surface area contributed by atoms with E-state index in [1.54, 1.807) is 7.11 Å². The minimum atomic E-state index is 0.149. The minimum Gasteiger partial charge on any atom is -0.497 e. The molecule has 6 rings (SSSR count). The van der Waals surface area contributed by atoms with Gasteiger partial charge in [-0.3, -0.25) is 9.69 Å². The molecule has 0 spiro atoms. The number of likely N-dealkylation sites (tertiary alicyclic amines) is 1. The fourth-order valence-electron chi connectivity index (χ4n) is 5.57. The molecule has 27 heavy (non-hydrogen) atoms. The van der Waals surface area contributed by atoms with Crippen LogP contribution >= 0.6 is 0 Å². The summed E-state index contributed by atoms with van der Waals surface area (Å²) >= 11 is 0. The fourth-order valence-corrected chi connectivity index (χ4v) is 5.57. The van der Waals surface area contributed by atoms with E-state index in [1.165, 1.54) is 31.5 Å². The van der Waals surface area contributed by atoms with Crippen LogP contribution in [0.3, 0.4) is 0 Å². The van der Waals surface area contributed by atoms with Crippen molar-refractivity contribution in [3.8, 4) is 5.75 Å². The zero-order valence-electron chi connectivity index (χ0n) is 15.8. The summed E-state index contributed by atoms with van der Waals surface area (Å²) in [4.78, 5) is 18.3. The normalized spacial score (nSPS) is 31.6. The van der Waals surface area contributed by atoms with Gasteiger partial charge in [-0.1, -0.05) is 36.4 Å². The maximum absolute atomic E-state index is 13.5. The van der Waals surface area contributed by atoms with Crippen LogP contribution in [-0.4, -0.2) is 54.5 Å². The maximum Gasteiger partial charge on any atom is 0.254 e. The summed E-state index contributed by atoms with van der Waals surface area (Å²) in [5, 5.41) is 0. The summed E-state index contributed by atoms with van der Waals surface area (Å²) < 4.78 is 5.34. The van der Waals surface area contributed by atoms with E-state index in [0.717, 1.165) is 17.9 Å². The Labute approximate surface area is 160 Å². The van der Waals surface area contributed by atoms with Crippen LogP contribution in [-0.2, 0) is 0 Å². The molecule has 0 aromatic heterocycles. The van der Waals surface area contributed by atoms with E-state index in [9.17, 15) is 4.79 Å². The summed E-state index contributed by atoms with van der Waals surface area (Å²) in [6.07, 6.45) is 2.43. The van der Waals surface area contributed by atoms with Crippen LogP contribution in [0.15, 0.2) is 54.6 Å². The summed E-state index contributed by atoms with van der Waals surface area (Å²) in [5.74, 6) is 1.92. The maximum atomic E-state index is 13.5. The third kappa shape index (κ3) is 2.74. The standard InChI is InChI=1S/C23H26N2O2/c1-27-19-9-5-8-18(14-19)23(26)25-15-20(16-6-3-2-4-7-16)22-21(25)17-10-12-24(22)13-11-17/h2-9,14,17,20-22H,10-13,15H2,1H3/t20-,21-,22-/m1/s1. The Balaban J connectivity index is 1.51. The van der Waals surface area contributed by atoms with Gasteiger partial charge >= 0.3 is 0 Å². The summed E-state index contributed by atoms with van der Waals surface area (Å²) in [6.45, 7) is 3.16. The molecule has 2 aromatic carbocycles. The van der Waals surface area contributed by atoms with Crippen LogP contribution in [0.2, 0.25) is 0 Å². The number of carbonyl (C=O) groups excluding carboxylic acids is 1. The topological polar surface area (TPSA) is 32.8 Å². The van der Waals surface area contributed by atoms with E-state index in [4.69, 9.17) is 4.74 Å². The molecule has 0 N–H and O–H groups in total. The van der Waals surface area contributed by atoms with Crippen molar-refractivity contribution in [2.24, 2.45) is 5.92 Å². The smallest absolute Gasteiger partial charge is 0.254 e. The fraction of sp³-hybridized carbons (Fsp3) is 0.435. The molecule has 0 unspecified atom stereocenters. The first kappa shape index (κ1) is 16.8. The quantitative estimate of drug-likeness (QED) is 0.839. The molecule has 3 atom stereocenters. The zero-order valence-corrected chi connectivity index (χ0v) is 15.8. The molecular weight excluding hydrogens is 336 g/mol. The van der Waals surface area contributed by atoms with Gasteiger partial charge in [0.1, 0.15) is 5.75 Å². The van der Waals surface area contributed by atoms with Crippen LogP contribution in [0.1, 0.15) is 34.7 Å². The Hall–Kier alpha value is -2.33. The lowest BCUT2D eigenvalue weighted by atomic mass is 9.75. The molecule has 4 fully saturated rings. The van der Waals surface area contributed by atoms with E-state index in [0.29, 0.717) is 23.9 Å². The lowest BCUT2D eigenvalue weighted by Crippen LogP contribution is -2.60. The van der Waals surface area contributed by atoms with Crippen LogP contribution in [0.25, 0.3) is 0 Å². The second kappa shape index (κ2) is 6.68. The molecule has 4 saturated heterocycles. The van der Waals surface area contributed by atoms with E-state index >= 15 is 0 Å². The van der Waals surface area contributed by atoms with Gasteiger partial charge < -0.3 is 9.64 Å². The zero-order chi connectivity index (χ0) is 18.4. The van der Waals surface area contributed by atoms with E-state index in [1.807, 2.05) is 24.3 Å². The summed E-state index contributed by atoms with van der Waals surface area (Å²) in [6, 6.07) is 19.1. The average Bonchev–Trinajstić information content (AvgIpc) is 3.17. The number of methoxy groups -OCH3 is 1. The Morgan fingerprint density at radius 1 is 1.00 bits per heavy atom. The molecule has 4 heteroatoms. The number of hydrogen-bond donors (Lipinski definition) is 0. The van der Waals surface area contributed by atoms with Gasteiger partial charge in [-0.25, -0.2) is 0 Å². The third-order valence-electron chi connectivity index (χ3n) is 6.80. The number of fused-ring (bicyclic) bond motifs is 2. The van der Waals surface area contributed by atoms with E-state index < -0.39 is 0 Å². The number of carbonyl (C=O) groups is 1. The molecule has 4 aliphatic heterocycles. The lowest BCUT2D eigenvalue weighted by Gasteiger charge is -2.51. The highest BCUT2D eigenvalue weighted by molar-refractivity contribution is 5.95. The molecule has 0 saturated carbocycles. The van der Waals surface area contributed by atoms with Gasteiger partial charge in [-0.05, 0) is 55.6 Å². The molecular formula is C23H26N2O2. The molecule has 4 aliphatic rings. The van der Waals surface area contributed by atoms with Gasteiger partial charge in [0.15, 0.2) is 0 Å². The Morgan fingerprint density at radius 2 is 1.78 bits per heavy atom. The van der Waals surface area contributed by atoms with Crippen molar-refractivity contribution in [3.63, 3.8) is 0 Å². The summed E-state index contributed by atoms with van der Waals surface area (Å²) in [7, 11) is 1.65. The molecule has 4 nitrogen and oxygen atoms in total. The van der Waals surface area contributed by atoms with Crippen molar-refractivity contribution in [3.05, 3.63) is 65.7 Å². The highest BCUT2D eigenvalue weighted by atomic mass is 16.5. The largest absolute Gasteiger partial charge is 0.497 e. The van der Waals surface area contributed by atoms with Gasteiger partial charge in [-0.15, -0.1) is 0 Å². The minimum absolute atomic E-state index is 0.149. The first-order valence-electron chi connectivity index (χ1n) is 10.0. The van der Waals surface area contributed by atoms with Gasteiger partial charge in [0.05, 0.1) is 13.2 Å². The van der Waals surface area contributed by atoms with Gasteiger partial charge in [0, 0.05) is 24.1 Å². The van der Waals surface area contributed by atoms with Gasteiger partial charge in [0.2, 0.25) is 0 Å².